The predicted octanol–water partition coefficient (Wildman–Crippen LogP) is 2.20. The van der Waals surface area contributed by atoms with Crippen molar-refractivity contribution in [1.82, 2.24) is 10.2 Å². The summed E-state index contributed by atoms with van der Waals surface area (Å²) in [6.45, 7) is 0.377. The first-order valence-electron chi connectivity index (χ1n) is 7.72. The highest BCUT2D eigenvalue weighted by atomic mass is 19.2. The number of hydrogen-bond acceptors (Lipinski definition) is 2. The predicted molar refractivity (Wildman–Crippen MR) is 77.4 cm³/mol. The Bertz CT molecular complexity index is 553. The van der Waals surface area contributed by atoms with Gasteiger partial charge < -0.3 is 15.3 Å². The maximum Gasteiger partial charge on any atom is 0.317 e. The lowest BCUT2D eigenvalue weighted by Crippen LogP contribution is -2.52. The fourth-order valence-corrected chi connectivity index (χ4v) is 3.58. The molecule has 4 nitrogen and oxygen atoms in total. The van der Waals surface area contributed by atoms with Crippen molar-refractivity contribution in [2.45, 2.75) is 50.3 Å². The van der Waals surface area contributed by atoms with E-state index in [0.29, 0.717) is 31.4 Å². The Morgan fingerprint density at radius 2 is 1.91 bits per heavy atom. The highest BCUT2D eigenvalue weighted by Gasteiger charge is 2.42. The molecule has 0 saturated carbocycles. The van der Waals surface area contributed by atoms with Crippen molar-refractivity contribution in [2.75, 3.05) is 6.54 Å². The monoisotopic (exact) mass is 310 g/mol. The van der Waals surface area contributed by atoms with Crippen LogP contribution in [0, 0.1) is 11.6 Å². The SMILES string of the molecule is O=C(NCCc1ccc(F)c(F)c1)N1C2CCC1CC(O)C2. The van der Waals surface area contributed by atoms with E-state index in [0.717, 1.165) is 25.0 Å². The number of carbonyl (C=O) groups excluding carboxylic acids is 1. The zero-order valence-electron chi connectivity index (χ0n) is 12.3. The lowest BCUT2D eigenvalue weighted by atomic mass is 10.0. The van der Waals surface area contributed by atoms with Crippen molar-refractivity contribution < 1.29 is 18.7 Å². The molecule has 2 bridgehead atoms. The number of nitrogens with one attached hydrogen (secondary N) is 1. The second kappa shape index (κ2) is 6.20. The minimum absolute atomic E-state index is 0.122. The van der Waals surface area contributed by atoms with E-state index < -0.39 is 11.6 Å². The summed E-state index contributed by atoms with van der Waals surface area (Å²) in [7, 11) is 0. The first-order valence-corrected chi connectivity index (χ1v) is 7.72. The van der Waals surface area contributed by atoms with Gasteiger partial charge in [-0.15, -0.1) is 0 Å². The molecule has 0 aromatic heterocycles. The molecular formula is C16H20F2N2O2. The molecule has 2 unspecified atom stereocenters. The quantitative estimate of drug-likeness (QED) is 0.899. The third-order valence-corrected chi connectivity index (χ3v) is 4.62. The number of rotatable bonds is 3. The third-order valence-electron chi connectivity index (χ3n) is 4.62. The van der Waals surface area contributed by atoms with Crippen molar-refractivity contribution in [3.63, 3.8) is 0 Å². The second-order valence-electron chi connectivity index (χ2n) is 6.15. The van der Waals surface area contributed by atoms with Gasteiger partial charge in [0.05, 0.1) is 6.10 Å². The standard InChI is InChI=1S/C16H20F2N2O2/c17-14-4-1-10(7-15(14)18)5-6-19-16(22)20-11-2-3-12(20)9-13(21)8-11/h1,4,7,11-13,21H,2-3,5-6,8-9H2,(H,19,22). The first-order chi connectivity index (χ1) is 10.5. The molecule has 2 aliphatic rings. The average Bonchev–Trinajstić information content (AvgIpc) is 2.75. The molecule has 6 heteroatoms. The Morgan fingerprint density at radius 3 is 2.55 bits per heavy atom. The second-order valence-corrected chi connectivity index (χ2v) is 6.15. The molecule has 2 heterocycles. The Kier molecular flexibility index (Phi) is 4.29. The van der Waals surface area contributed by atoms with Gasteiger partial charge in [0.25, 0.3) is 0 Å². The van der Waals surface area contributed by atoms with Crippen LogP contribution in [0.3, 0.4) is 0 Å². The molecule has 22 heavy (non-hydrogen) atoms. The number of urea groups is 1. The molecule has 1 aromatic rings. The van der Waals surface area contributed by atoms with Crippen LogP contribution in [-0.4, -0.2) is 40.8 Å². The molecule has 2 saturated heterocycles. The van der Waals surface area contributed by atoms with Gasteiger partial charge >= 0.3 is 6.03 Å². The Morgan fingerprint density at radius 1 is 1.23 bits per heavy atom. The molecule has 120 valence electrons. The number of piperidine rings is 1. The van der Waals surface area contributed by atoms with E-state index in [1.165, 1.54) is 6.07 Å². The molecule has 2 fully saturated rings. The van der Waals surface area contributed by atoms with Crippen LogP contribution >= 0.6 is 0 Å². The smallest absolute Gasteiger partial charge is 0.317 e. The number of nitrogens with zero attached hydrogens (tertiary/aromatic N) is 1. The molecular weight excluding hydrogens is 290 g/mol. The van der Waals surface area contributed by atoms with E-state index in [1.54, 1.807) is 0 Å². The summed E-state index contributed by atoms with van der Waals surface area (Å²) >= 11 is 0. The largest absolute Gasteiger partial charge is 0.393 e. The van der Waals surface area contributed by atoms with Gasteiger partial charge in [-0.2, -0.15) is 0 Å². The molecule has 2 N–H and O–H groups in total. The minimum atomic E-state index is -0.869. The van der Waals surface area contributed by atoms with Crippen molar-refractivity contribution >= 4 is 6.03 Å². The number of fused-ring (bicyclic) bond motifs is 2. The summed E-state index contributed by atoms with van der Waals surface area (Å²) < 4.78 is 26.0. The van der Waals surface area contributed by atoms with Gasteiger partial charge in [0.2, 0.25) is 0 Å². The normalized spacial score (nSPS) is 27.0. The first kappa shape index (κ1) is 15.2. The summed E-state index contributed by atoms with van der Waals surface area (Å²) in [4.78, 5) is 14.1. The van der Waals surface area contributed by atoms with E-state index in [1.807, 2.05) is 4.90 Å². The van der Waals surface area contributed by atoms with Crippen LogP contribution in [0.25, 0.3) is 0 Å². The fraction of sp³-hybridized carbons (Fsp3) is 0.562. The number of carbonyl (C=O) groups is 1. The van der Waals surface area contributed by atoms with E-state index in [4.69, 9.17) is 0 Å². The highest BCUT2D eigenvalue weighted by molar-refractivity contribution is 5.75. The topological polar surface area (TPSA) is 52.6 Å². The van der Waals surface area contributed by atoms with E-state index in [2.05, 4.69) is 5.32 Å². The highest BCUT2D eigenvalue weighted by Crippen LogP contribution is 2.35. The van der Waals surface area contributed by atoms with Crippen LogP contribution in [-0.2, 0) is 6.42 Å². The number of halogens is 2. The van der Waals surface area contributed by atoms with Crippen LogP contribution in [0.1, 0.15) is 31.2 Å². The minimum Gasteiger partial charge on any atom is -0.393 e. The number of aliphatic hydroxyl groups is 1. The summed E-state index contributed by atoms with van der Waals surface area (Å²) in [5.74, 6) is -1.73. The Balaban J connectivity index is 1.51. The van der Waals surface area contributed by atoms with Crippen molar-refractivity contribution in [3.05, 3.63) is 35.4 Å². The van der Waals surface area contributed by atoms with Crippen LogP contribution in [0.15, 0.2) is 18.2 Å². The molecule has 0 aliphatic carbocycles. The van der Waals surface area contributed by atoms with Crippen molar-refractivity contribution in [1.29, 1.82) is 0 Å². The number of hydrogen-bond donors (Lipinski definition) is 2. The number of amides is 2. The fourth-order valence-electron chi connectivity index (χ4n) is 3.58. The van der Waals surface area contributed by atoms with Gasteiger partial charge in [-0.1, -0.05) is 6.07 Å². The molecule has 2 aliphatic heterocycles. The van der Waals surface area contributed by atoms with Crippen LogP contribution in [0.4, 0.5) is 13.6 Å². The Labute approximate surface area is 128 Å². The van der Waals surface area contributed by atoms with Gasteiger partial charge in [0.1, 0.15) is 0 Å². The van der Waals surface area contributed by atoms with Gasteiger partial charge in [0, 0.05) is 18.6 Å². The molecule has 3 rings (SSSR count). The molecule has 0 spiro atoms. The number of benzene rings is 1. The van der Waals surface area contributed by atoms with Crippen LogP contribution in [0.2, 0.25) is 0 Å². The van der Waals surface area contributed by atoms with Crippen molar-refractivity contribution in [3.8, 4) is 0 Å². The van der Waals surface area contributed by atoms with Crippen LogP contribution in [0.5, 0.6) is 0 Å². The Hall–Kier alpha value is -1.69. The summed E-state index contributed by atoms with van der Waals surface area (Å²) in [6.07, 6.45) is 3.33. The maximum atomic E-state index is 13.1. The van der Waals surface area contributed by atoms with Gasteiger partial charge in [-0.25, -0.2) is 13.6 Å². The molecule has 2 amide bonds. The van der Waals surface area contributed by atoms with E-state index >= 15 is 0 Å². The lowest BCUT2D eigenvalue weighted by Gasteiger charge is -2.37. The average molecular weight is 310 g/mol. The van der Waals surface area contributed by atoms with Crippen molar-refractivity contribution in [2.24, 2.45) is 0 Å². The summed E-state index contributed by atoms with van der Waals surface area (Å²) in [5, 5.41) is 12.6. The van der Waals surface area contributed by atoms with Gasteiger partial charge in [0.15, 0.2) is 11.6 Å². The number of aliphatic hydroxyl groups excluding tert-OH is 1. The summed E-state index contributed by atoms with van der Waals surface area (Å²) in [5.41, 5.74) is 0.649. The lowest BCUT2D eigenvalue weighted by molar-refractivity contribution is 0.0543. The van der Waals surface area contributed by atoms with E-state index in [9.17, 15) is 18.7 Å². The zero-order chi connectivity index (χ0) is 15.7. The van der Waals surface area contributed by atoms with Crippen LogP contribution < -0.4 is 5.32 Å². The molecule has 1 aromatic carbocycles. The molecule has 0 radical (unpaired) electrons. The molecule has 2 atom stereocenters. The van der Waals surface area contributed by atoms with Gasteiger partial charge in [-0.05, 0) is 49.8 Å². The zero-order valence-corrected chi connectivity index (χ0v) is 12.3. The van der Waals surface area contributed by atoms with Gasteiger partial charge in [-0.3, -0.25) is 0 Å². The summed E-state index contributed by atoms with van der Waals surface area (Å²) in [6, 6.07) is 3.89. The maximum absolute atomic E-state index is 13.1. The van der Waals surface area contributed by atoms with E-state index in [-0.39, 0.29) is 24.2 Å². The third kappa shape index (κ3) is 3.06.